The molecule has 1 N–H and O–H groups in total. The Morgan fingerprint density at radius 2 is 1.84 bits per heavy atom. The van der Waals surface area contributed by atoms with E-state index in [1.54, 1.807) is 6.07 Å². The number of ether oxygens (including phenoxy) is 1. The molecule has 5 nitrogen and oxygen atoms in total. The molecule has 170 valence electrons. The van der Waals surface area contributed by atoms with Crippen molar-refractivity contribution in [3.05, 3.63) is 70.6 Å². The minimum Gasteiger partial charge on any atom is -0.493 e. The van der Waals surface area contributed by atoms with Crippen LogP contribution in [0.1, 0.15) is 41.5 Å². The van der Waals surface area contributed by atoms with E-state index < -0.39 is 17.7 Å². The van der Waals surface area contributed by atoms with Crippen molar-refractivity contribution in [1.29, 1.82) is 0 Å². The number of carboxylic acids is 1. The molecule has 0 unspecified atom stereocenters. The van der Waals surface area contributed by atoms with E-state index in [0.717, 1.165) is 29.0 Å². The van der Waals surface area contributed by atoms with Gasteiger partial charge in [0.05, 0.1) is 17.9 Å². The van der Waals surface area contributed by atoms with Crippen molar-refractivity contribution in [1.82, 2.24) is 4.98 Å². The maximum absolute atomic E-state index is 12.8. The number of benzene rings is 2. The van der Waals surface area contributed by atoms with Crippen LogP contribution in [0.4, 0.5) is 13.2 Å². The van der Waals surface area contributed by atoms with Crippen molar-refractivity contribution >= 4 is 5.97 Å². The number of carbonyl (C=O) groups is 1. The summed E-state index contributed by atoms with van der Waals surface area (Å²) in [5.41, 5.74) is 2.42. The Hall–Kier alpha value is -3.29. The average Bonchev–Trinajstić information content (AvgIpc) is 3.16. The molecule has 0 aliphatic heterocycles. The molecule has 3 rings (SSSR count). The summed E-state index contributed by atoms with van der Waals surface area (Å²) < 4.78 is 49.9. The molecule has 0 saturated heterocycles. The van der Waals surface area contributed by atoms with Crippen LogP contribution in [0.3, 0.4) is 0 Å². The molecular weight excluding hydrogens is 423 g/mol. The summed E-state index contributed by atoms with van der Waals surface area (Å²) in [6, 6.07) is 10.3. The van der Waals surface area contributed by atoms with Gasteiger partial charge in [-0.25, -0.2) is 4.98 Å². The molecule has 0 saturated carbocycles. The van der Waals surface area contributed by atoms with E-state index in [2.05, 4.69) is 4.98 Å². The molecule has 1 aromatic heterocycles. The van der Waals surface area contributed by atoms with Crippen molar-refractivity contribution in [2.24, 2.45) is 0 Å². The third-order valence-corrected chi connectivity index (χ3v) is 5.09. The molecule has 0 bridgehead atoms. The van der Waals surface area contributed by atoms with Gasteiger partial charge in [0.15, 0.2) is 0 Å². The topological polar surface area (TPSA) is 72.6 Å². The van der Waals surface area contributed by atoms with E-state index in [4.69, 9.17) is 14.3 Å². The van der Waals surface area contributed by atoms with Gasteiger partial charge in [-0.15, -0.1) is 0 Å². The standard InChI is InChI=1S/C24H24F3NO4/c1-3-20-21(32-23(28-20)17-4-8-18(9-5-17)24(25,26)27)12-13-31-19-10-6-16(15(2)14-19)7-11-22(29)30/h4-6,8-10,14H,3,7,11-13H2,1-2H3,(H,29,30). The number of aryl methyl sites for hydroxylation is 3. The quantitative estimate of drug-likeness (QED) is 0.444. The van der Waals surface area contributed by atoms with Crippen LogP contribution in [0, 0.1) is 6.92 Å². The SMILES string of the molecule is CCc1nc(-c2ccc(C(F)(F)F)cc2)oc1CCOc1ccc(CCC(=O)O)c(C)c1. The van der Waals surface area contributed by atoms with Gasteiger partial charge in [-0.1, -0.05) is 13.0 Å². The first-order valence-electron chi connectivity index (χ1n) is 10.3. The maximum Gasteiger partial charge on any atom is 0.416 e. The maximum atomic E-state index is 12.8. The van der Waals surface area contributed by atoms with E-state index in [1.807, 2.05) is 26.0 Å². The first kappa shape index (κ1) is 23.4. The number of halogens is 3. The van der Waals surface area contributed by atoms with Crippen LogP contribution in [0.5, 0.6) is 5.75 Å². The van der Waals surface area contributed by atoms with Gasteiger partial charge in [-0.05, 0) is 67.3 Å². The fourth-order valence-electron chi connectivity index (χ4n) is 3.32. The Kier molecular flexibility index (Phi) is 7.22. The van der Waals surface area contributed by atoms with Crippen molar-refractivity contribution in [3.63, 3.8) is 0 Å². The second kappa shape index (κ2) is 9.89. The molecular formula is C24H24F3NO4. The number of rotatable bonds is 9. The second-order valence-electron chi connectivity index (χ2n) is 7.40. The second-order valence-corrected chi connectivity index (χ2v) is 7.40. The largest absolute Gasteiger partial charge is 0.493 e. The number of hydrogen-bond donors (Lipinski definition) is 1. The fraction of sp³-hybridized carbons (Fsp3) is 0.333. The third-order valence-electron chi connectivity index (χ3n) is 5.09. The lowest BCUT2D eigenvalue weighted by Crippen LogP contribution is -2.04. The number of alkyl halides is 3. The van der Waals surface area contributed by atoms with Crippen LogP contribution in [0.2, 0.25) is 0 Å². The van der Waals surface area contributed by atoms with Crippen molar-refractivity contribution in [3.8, 4) is 17.2 Å². The Morgan fingerprint density at radius 1 is 1.12 bits per heavy atom. The van der Waals surface area contributed by atoms with Gasteiger partial charge in [0.2, 0.25) is 5.89 Å². The molecule has 32 heavy (non-hydrogen) atoms. The molecule has 2 aromatic carbocycles. The molecule has 0 aliphatic rings. The van der Waals surface area contributed by atoms with E-state index in [1.165, 1.54) is 12.1 Å². The average molecular weight is 447 g/mol. The number of nitrogens with zero attached hydrogens (tertiary/aromatic N) is 1. The van der Waals surface area contributed by atoms with Crippen LogP contribution in [-0.4, -0.2) is 22.7 Å². The van der Waals surface area contributed by atoms with Crippen molar-refractivity contribution < 1.29 is 32.2 Å². The fourth-order valence-corrected chi connectivity index (χ4v) is 3.32. The minimum atomic E-state index is -4.39. The first-order valence-corrected chi connectivity index (χ1v) is 10.3. The molecule has 0 atom stereocenters. The smallest absolute Gasteiger partial charge is 0.416 e. The van der Waals surface area contributed by atoms with Gasteiger partial charge >= 0.3 is 12.1 Å². The monoisotopic (exact) mass is 447 g/mol. The Labute approximate surface area is 183 Å². The van der Waals surface area contributed by atoms with Gasteiger partial charge in [0.25, 0.3) is 0 Å². The minimum absolute atomic E-state index is 0.0770. The molecule has 0 spiro atoms. The van der Waals surface area contributed by atoms with Gasteiger partial charge in [-0.3, -0.25) is 4.79 Å². The highest BCUT2D eigenvalue weighted by Crippen LogP contribution is 2.31. The number of oxazole rings is 1. The van der Waals surface area contributed by atoms with Crippen LogP contribution >= 0.6 is 0 Å². The molecule has 1 heterocycles. The van der Waals surface area contributed by atoms with Crippen molar-refractivity contribution in [2.45, 2.75) is 45.7 Å². The Morgan fingerprint density at radius 3 is 2.44 bits per heavy atom. The number of hydrogen-bond acceptors (Lipinski definition) is 4. The zero-order chi connectivity index (χ0) is 23.3. The summed E-state index contributed by atoms with van der Waals surface area (Å²) >= 11 is 0. The van der Waals surface area contributed by atoms with Crippen molar-refractivity contribution in [2.75, 3.05) is 6.61 Å². The van der Waals surface area contributed by atoms with E-state index in [-0.39, 0.29) is 12.3 Å². The number of aliphatic carboxylic acids is 1. The van der Waals surface area contributed by atoms with Crippen LogP contribution in [0.15, 0.2) is 46.9 Å². The molecule has 0 radical (unpaired) electrons. The van der Waals surface area contributed by atoms with Gasteiger partial charge in [0, 0.05) is 18.4 Å². The van der Waals surface area contributed by atoms with E-state index in [0.29, 0.717) is 42.9 Å². The summed E-state index contributed by atoms with van der Waals surface area (Å²) in [5, 5.41) is 8.82. The normalized spacial score (nSPS) is 11.5. The predicted octanol–water partition coefficient (Wildman–Crippen LogP) is 5.87. The highest BCUT2D eigenvalue weighted by Gasteiger charge is 2.30. The third kappa shape index (κ3) is 5.90. The molecule has 0 aliphatic carbocycles. The number of aromatic nitrogens is 1. The Bertz CT molecular complexity index is 1070. The lowest BCUT2D eigenvalue weighted by Gasteiger charge is -2.09. The van der Waals surface area contributed by atoms with E-state index >= 15 is 0 Å². The van der Waals surface area contributed by atoms with Gasteiger partial charge < -0.3 is 14.3 Å². The Balaban J connectivity index is 1.64. The summed E-state index contributed by atoms with van der Waals surface area (Å²) in [5.74, 6) is 0.752. The first-order chi connectivity index (χ1) is 15.2. The van der Waals surface area contributed by atoms with Crippen LogP contribution in [-0.2, 0) is 30.2 Å². The molecule has 0 fully saturated rings. The molecule has 3 aromatic rings. The van der Waals surface area contributed by atoms with Crippen LogP contribution < -0.4 is 4.74 Å². The lowest BCUT2D eigenvalue weighted by atomic mass is 10.0. The highest BCUT2D eigenvalue weighted by atomic mass is 19.4. The molecule has 8 heteroatoms. The summed E-state index contributed by atoms with van der Waals surface area (Å²) in [6.45, 7) is 4.17. The summed E-state index contributed by atoms with van der Waals surface area (Å²) in [6.07, 6.45) is -2.77. The van der Waals surface area contributed by atoms with Gasteiger partial charge in [-0.2, -0.15) is 13.2 Å². The zero-order valence-electron chi connectivity index (χ0n) is 17.8. The van der Waals surface area contributed by atoms with Crippen LogP contribution in [0.25, 0.3) is 11.5 Å². The zero-order valence-corrected chi connectivity index (χ0v) is 17.8. The van der Waals surface area contributed by atoms with E-state index in [9.17, 15) is 18.0 Å². The molecule has 0 amide bonds. The summed E-state index contributed by atoms with van der Waals surface area (Å²) in [7, 11) is 0. The van der Waals surface area contributed by atoms with Gasteiger partial charge in [0.1, 0.15) is 11.5 Å². The predicted molar refractivity (Wildman–Crippen MR) is 113 cm³/mol. The number of carboxylic acid groups (broad SMARTS) is 1. The highest BCUT2D eigenvalue weighted by molar-refractivity contribution is 5.67. The summed E-state index contributed by atoms with van der Waals surface area (Å²) in [4.78, 5) is 15.2. The lowest BCUT2D eigenvalue weighted by molar-refractivity contribution is -0.138.